The standard InChI is InChI=1S/C35H41N3O5/c1-2-42-35-27(15-10-20-39)29(26-14-9-13-25-24-12-4-3-11-23(24)21-28(25)26)22-32(43-35)34(41)37-19-8-7-18-33(40)38-31-17-6-5-16-30(31)36/h3-6,9,11-14,16-17,22,27,29,35,39H,2,7-8,10,15,18-21,36H2,1H3,(H,37,41)(H,38,40)/t27-,29-,35-/m1/s1. The second kappa shape index (κ2) is 14.4. The van der Waals surface area contributed by atoms with Gasteiger partial charge in [-0.05, 0) is 85.1 Å². The number of rotatable bonds is 13. The molecular formula is C35H41N3O5. The SMILES string of the molecule is CCO[C@@H]1OC(C(=O)NCCCCC(=O)Nc2ccccc2N)=C[C@H](c2cccc3c2Cc2ccccc2-3)[C@H]1CCCO. The number of hydrogen-bond acceptors (Lipinski definition) is 6. The molecule has 0 unspecified atom stereocenters. The van der Waals surface area contributed by atoms with E-state index in [1.54, 1.807) is 12.1 Å². The van der Waals surface area contributed by atoms with Crippen LogP contribution < -0.4 is 16.4 Å². The largest absolute Gasteiger partial charge is 0.459 e. The van der Waals surface area contributed by atoms with E-state index in [1.807, 2.05) is 25.1 Å². The van der Waals surface area contributed by atoms with Gasteiger partial charge in [0.15, 0.2) is 5.76 Å². The van der Waals surface area contributed by atoms with E-state index in [9.17, 15) is 14.7 Å². The summed E-state index contributed by atoms with van der Waals surface area (Å²) in [5.41, 5.74) is 13.2. The molecule has 0 fully saturated rings. The summed E-state index contributed by atoms with van der Waals surface area (Å²) in [4.78, 5) is 25.7. The van der Waals surface area contributed by atoms with Gasteiger partial charge in [-0.25, -0.2) is 0 Å². The van der Waals surface area contributed by atoms with Gasteiger partial charge in [0, 0.05) is 38.0 Å². The van der Waals surface area contributed by atoms with Gasteiger partial charge in [-0.1, -0.05) is 54.6 Å². The number of nitrogens with two attached hydrogens (primary N) is 1. The van der Waals surface area contributed by atoms with Crippen LogP contribution in [0.5, 0.6) is 0 Å². The average Bonchev–Trinajstić information content (AvgIpc) is 3.40. The Kier molecular flexibility index (Phi) is 10.1. The number of hydrogen-bond donors (Lipinski definition) is 4. The zero-order valence-electron chi connectivity index (χ0n) is 24.7. The van der Waals surface area contributed by atoms with Crippen LogP contribution in [0, 0.1) is 5.92 Å². The highest BCUT2D eigenvalue weighted by Gasteiger charge is 2.39. The third-order valence-electron chi connectivity index (χ3n) is 8.23. The van der Waals surface area contributed by atoms with Gasteiger partial charge < -0.3 is 30.9 Å². The molecule has 8 heteroatoms. The minimum atomic E-state index is -0.610. The molecule has 0 saturated heterocycles. The molecule has 3 aromatic carbocycles. The van der Waals surface area contributed by atoms with Crippen molar-refractivity contribution in [3.8, 4) is 11.1 Å². The molecular weight excluding hydrogens is 542 g/mol. The Morgan fingerprint density at radius 3 is 2.60 bits per heavy atom. The molecule has 3 aromatic rings. The number of nitrogen functional groups attached to an aromatic ring is 1. The Morgan fingerprint density at radius 2 is 1.79 bits per heavy atom. The number of fused-ring (bicyclic) bond motifs is 3. The molecule has 43 heavy (non-hydrogen) atoms. The molecule has 2 aliphatic rings. The Labute approximate surface area is 253 Å². The van der Waals surface area contributed by atoms with Crippen molar-refractivity contribution in [3.63, 3.8) is 0 Å². The summed E-state index contributed by atoms with van der Waals surface area (Å²) in [6.45, 7) is 2.85. The molecule has 3 atom stereocenters. The minimum Gasteiger partial charge on any atom is -0.459 e. The number of aliphatic hydroxyl groups excluding tert-OH is 1. The maximum atomic E-state index is 13.3. The highest BCUT2D eigenvalue weighted by Crippen LogP contribution is 2.46. The number of carbonyl (C=O) groups excluding carboxylic acids is 2. The predicted molar refractivity (Wildman–Crippen MR) is 168 cm³/mol. The third-order valence-corrected chi connectivity index (χ3v) is 8.23. The Morgan fingerprint density at radius 1 is 1.00 bits per heavy atom. The molecule has 0 aromatic heterocycles. The predicted octanol–water partition coefficient (Wildman–Crippen LogP) is 5.51. The molecule has 5 N–H and O–H groups in total. The van der Waals surface area contributed by atoms with Crippen LogP contribution in [-0.2, 0) is 25.5 Å². The van der Waals surface area contributed by atoms with Crippen molar-refractivity contribution in [2.45, 2.75) is 57.7 Å². The summed E-state index contributed by atoms with van der Waals surface area (Å²) in [5.74, 6) is -0.342. The van der Waals surface area contributed by atoms with Crippen molar-refractivity contribution in [2.24, 2.45) is 5.92 Å². The van der Waals surface area contributed by atoms with E-state index in [0.29, 0.717) is 56.6 Å². The number of carbonyl (C=O) groups is 2. The lowest BCUT2D eigenvalue weighted by molar-refractivity contribution is -0.166. The van der Waals surface area contributed by atoms with Crippen LogP contribution in [0.4, 0.5) is 11.4 Å². The monoisotopic (exact) mass is 583 g/mol. The van der Waals surface area contributed by atoms with Gasteiger partial charge in [-0.3, -0.25) is 9.59 Å². The number of para-hydroxylation sites is 2. The Bertz CT molecular complexity index is 1470. The summed E-state index contributed by atoms with van der Waals surface area (Å²) >= 11 is 0. The third kappa shape index (κ3) is 7.09. The number of unbranched alkanes of at least 4 members (excludes halogenated alkanes) is 1. The van der Waals surface area contributed by atoms with Crippen molar-refractivity contribution in [1.29, 1.82) is 0 Å². The van der Waals surface area contributed by atoms with Gasteiger partial charge in [-0.15, -0.1) is 0 Å². The van der Waals surface area contributed by atoms with Crippen LogP contribution in [-0.4, -0.2) is 43.0 Å². The van der Waals surface area contributed by atoms with Gasteiger partial charge >= 0.3 is 0 Å². The lowest BCUT2D eigenvalue weighted by Crippen LogP contribution is -2.39. The van der Waals surface area contributed by atoms with Crippen molar-refractivity contribution >= 4 is 23.2 Å². The van der Waals surface area contributed by atoms with Crippen molar-refractivity contribution in [2.75, 3.05) is 30.8 Å². The number of aliphatic hydroxyl groups is 1. The average molecular weight is 584 g/mol. The van der Waals surface area contributed by atoms with Gasteiger partial charge in [0.05, 0.1) is 11.4 Å². The fourth-order valence-electron chi connectivity index (χ4n) is 6.14. The summed E-state index contributed by atoms with van der Waals surface area (Å²) in [7, 11) is 0. The van der Waals surface area contributed by atoms with Crippen molar-refractivity contribution in [3.05, 3.63) is 95.3 Å². The lowest BCUT2D eigenvalue weighted by atomic mass is 9.78. The minimum absolute atomic E-state index is 0.0592. The first-order valence-electron chi connectivity index (χ1n) is 15.2. The fourth-order valence-corrected chi connectivity index (χ4v) is 6.14. The first-order valence-corrected chi connectivity index (χ1v) is 15.2. The Hall–Kier alpha value is -4.14. The molecule has 5 rings (SSSR count). The summed E-state index contributed by atoms with van der Waals surface area (Å²) < 4.78 is 12.2. The highest BCUT2D eigenvalue weighted by molar-refractivity contribution is 5.94. The van der Waals surface area contributed by atoms with E-state index < -0.39 is 6.29 Å². The zero-order valence-corrected chi connectivity index (χ0v) is 24.7. The summed E-state index contributed by atoms with van der Waals surface area (Å²) in [5, 5.41) is 15.4. The maximum absolute atomic E-state index is 13.3. The van der Waals surface area contributed by atoms with E-state index >= 15 is 0 Å². The number of amides is 2. The van der Waals surface area contributed by atoms with E-state index in [-0.39, 0.29) is 36.0 Å². The first-order chi connectivity index (χ1) is 21.0. The van der Waals surface area contributed by atoms with Gasteiger partial charge in [0.25, 0.3) is 5.91 Å². The van der Waals surface area contributed by atoms with E-state index in [0.717, 1.165) is 6.42 Å². The normalized spacial score (nSPS) is 18.7. The second-order valence-electron chi connectivity index (χ2n) is 11.1. The molecule has 2 amide bonds. The highest BCUT2D eigenvalue weighted by atomic mass is 16.7. The maximum Gasteiger partial charge on any atom is 0.286 e. The number of anilines is 2. The molecule has 0 spiro atoms. The molecule has 0 radical (unpaired) electrons. The number of nitrogens with one attached hydrogen (secondary N) is 2. The second-order valence-corrected chi connectivity index (χ2v) is 11.1. The zero-order chi connectivity index (χ0) is 30.2. The molecule has 0 bridgehead atoms. The quantitative estimate of drug-likeness (QED) is 0.122. The van der Waals surface area contributed by atoms with Crippen LogP contribution in [0.2, 0.25) is 0 Å². The molecule has 8 nitrogen and oxygen atoms in total. The van der Waals surface area contributed by atoms with Gasteiger partial charge in [-0.2, -0.15) is 0 Å². The van der Waals surface area contributed by atoms with Crippen LogP contribution in [0.3, 0.4) is 0 Å². The molecule has 0 saturated carbocycles. The van der Waals surface area contributed by atoms with Crippen LogP contribution in [0.1, 0.15) is 61.6 Å². The van der Waals surface area contributed by atoms with E-state index in [2.05, 4.69) is 53.1 Å². The number of ether oxygens (including phenoxy) is 2. The number of allylic oxidation sites excluding steroid dienone is 1. The van der Waals surface area contributed by atoms with E-state index in [4.69, 9.17) is 15.2 Å². The van der Waals surface area contributed by atoms with Crippen molar-refractivity contribution in [1.82, 2.24) is 5.32 Å². The lowest BCUT2D eigenvalue weighted by Gasteiger charge is -2.37. The Balaban J connectivity index is 1.28. The van der Waals surface area contributed by atoms with Crippen LogP contribution in [0.25, 0.3) is 11.1 Å². The summed E-state index contributed by atoms with van der Waals surface area (Å²) in [6, 6.07) is 22.0. The molecule has 1 aliphatic carbocycles. The van der Waals surface area contributed by atoms with Gasteiger partial charge in [0.1, 0.15) is 0 Å². The topological polar surface area (TPSA) is 123 Å². The fraction of sp³-hybridized carbons (Fsp3) is 0.371. The summed E-state index contributed by atoms with van der Waals surface area (Å²) in [6.07, 6.45) is 5.05. The molecule has 1 aliphatic heterocycles. The smallest absolute Gasteiger partial charge is 0.286 e. The van der Waals surface area contributed by atoms with Crippen LogP contribution >= 0.6 is 0 Å². The molecule has 226 valence electrons. The number of benzene rings is 3. The van der Waals surface area contributed by atoms with Crippen LogP contribution in [0.15, 0.2) is 78.6 Å². The van der Waals surface area contributed by atoms with E-state index in [1.165, 1.54) is 27.8 Å². The van der Waals surface area contributed by atoms with Crippen molar-refractivity contribution < 1.29 is 24.2 Å². The molecule has 1 heterocycles. The van der Waals surface area contributed by atoms with Gasteiger partial charge in [0.2, 0.25) is 12.2 Å². The first kappa shape index (κ1) is 30.3.